The number of nitrogens with zero attached hydrogens (tertiary/aromatic N) is 1. The second-order valence-corrected chi connectivity index (χ2v) is 5.54. The molecule has 17 heavy (non-hydrogen) atoms. The van der Waals surface area contributed by atoms with Crippen LogP contribution in [0.3, 0.4) is 0 Å². The summed E-state index contributed by atoms with van der Waals surface area (Å²) in [6.07, 6.45) is 8.53. The summed E-state index contributed by atoms with van der Waals surface area (Å²) >= 11 is 0. The molecule has 2 aliphatic rings. The maximum absolute atomic E-state index is 6.59. The van der Waals surface area contributed by atoms with Crippen molar-refractivity contribution in [2.45, 2.75) is 49.7 Å². The van der Waals surface area contributed by atoms with Crippen LogP contribution in [-0.4, -0.2) is 17.2 Å². The molecule has 1 aliphatic heterocycles. The van der Waals surface area contributed by atoms with Crippen molar-refractivity contribution in [3.8, 4) is 0 Å². The van der Waals surface area contributed by atoms with E-state index in [1.165, 1.54) is 25.7 Å². The molecule has 3 nitrogen and oxygen atoms in total. The average molecular weight is 232 g/mol. The Morgan fingerprint density at radius 2 is 2.00 bits per heavy atom. The minimum absolute atomic E-state index is 0.0462. The molecule has 1 aromatic heterocycles. The number of nitrogens with two attached hydrogens (primary N) is 1. The standard InChI is InChI=1S/C14H20N2O/c15-14(12-5-1-4-9-16-12)8-10-17-13(11-14)6-2-3-7-13/h1,4-5,9H,2-3,6-8,10-11,15H2/t14-/m0/s1. The number of hydrogen-bond acceptors (Lipinski definition) is 3. The summed E-state index contributed by atoms with van der Waals surface area (Å²) in [5, 5.41) is 0. The summed E-state index contributed by atoms with van der Waals surface area (Å²) in [7, 11) is 0. The first-order chi connectivity index (χ1) is 8.23. The smallest absolute Gasteiger partial charge is 0.0704 e. The van der Waals surface area contributed by atoms with Crippen molar-refractivity contribution in [1.82, 2.24) is 4.98 Å². The van der Waals surface area contributed by atoms with Crippen LogP contribution in [-0.2, 0) is 10.3 Å². The van der Waals surface area contributed by atoms with E-state index in [9.17, 15) is 0 Å². The summed E-state index contributed by atoms with van der Waals surface area (Å²) in [6.45, 7) is 0.771. The van der Waals surface area contributed by atoms with E-state index in [0.717, 1.165) is 25.1 Å². The molecule has 3 rings (SSSR count). The third-order valence-electron chi connectivity index (χ3n) is 4.28. The Morgan fingerprint density at radius 3 is 2.71 bits per heavy atom. The molecule has 1 saturated heterocycles. The van der Waals surface area contributed by atoms with Crippen molar-refractivity contribution in [1.29, 1.82) is 0 Å². The Kier molecular flexibility index (Phi) is 2.68. The highest BCUT2D eigenvalue weighted by molar-refractivity contribution is 5.18. The van der Waals surface area contributed by atoms with Gasteiger partial charge in [-0.15, -0.1) is 0 Å². The van der Waals surface area contributed by atoms with Gasteiger partial charge in [-0.2, -0.15) is 0 Å². The van der Waals surface area contributed by atoms with Gasteiger partial charge in [-0.25, -0.2) is 0 Å². The van der Waals surface area contributed by atoms with E-state index in [1.54, 1.807) is 0 Å². The van der Waals surface area contributed by atoms with E-state index in [2.05, 4.69) is 4.98 Å². The summed E-state index contributed by atoms with van der Waals surface area (Å²) in [4.78, 5) is 4.45. The average Bonchev–Trinajstić information content (AvgIpc) is 2.78. The molecular formula is C14H20N2O. The lowest BCUT2D eigenvalue weighted by molar-refractivity contribution is -0.102. The van der Waals surface area contributed by atoms with Gasteiger partial charge in [0.15, 0.2) is 0 Å². The number of rotatable bonds is 1. The van der Waals surface area contributed by atoms with Crippen LogP contribution in [0.25, 0.3) is 0 Å². The molecule has 2 heterocycles. The van der Waals surface area contributed by atoms with Crippen LogP contribution in [0.5, 0.6) is 0 Å². The molecule has 92 valence electrons. The largest absolute Gasteiger partial charge is 0.375 e. The zero-order valence-electron chi connectivity index (χ0n) is 10.2. The number of aromatic nitrogens is 1. The lowest BCUT2D eigenvalue weighted by Gasteiger charge is -2.44. The molecule has 2 N–H and O–H groups in total. The van der Waals surface area contributed by atoms with Crippen molar-refractivity contribution in [3.63, 3.8) is 0 Å². The van der Waals surface area contributed by atoms with Crippen molar-refractivity contribution in [2.24, 2.45) is 5.73 Å². The zero-order valence-corrected chi connectivity index (χ0v) is 10.2. The molecular weight excluding hydrogens is 212 g/mol. The van der Waals surface area contributed by atoms with Gasteiger partial charge in [0.05, 0.1) is 16.8 Å². The highest BCUT2D eigenvalue weighted by Crippen LogP contribution is 2.45. The molecule has 3 heteroatoms. The first kappa shape index (κ1) is 11.2. The number of pyridine rings is 1. The Labute approximate surface area is 102 Å². The van der Waals surface area contributed by atoms with Gasteiger partial charge in [0.25, 0.3) is 0 Å². The van der Waals surface area contributed by atoms with Gasteiger partial charge in [0, 0.05) is 19.2 Å². The van der Waals surface area contributed by atoms with Crippen LogP contribution in [0, 0.1) is 0 Å². The van der Waals surface area contributed by atoms with E-state index in [0.29, 0.717) is 0 Å². The highest BCUT2D eigenvalue weighted by Gasteiger charge is 2.46. The second-order valence-electron chi connectivity index (χ2n) is 5.54. The van der Waals surface area contributed by atoms with Crippen molar-refractivity contribution in [2.75, 3.05) is 6.61 Å². The monoisotopic (exact) mass is 232 g/mol. The van der Waals surface area contributed by atoms with E-state index in [4.69, 9.17) is 10.5 Å². The first-order valence-corrected chi connectivity index (χ1v) is 6.57. The predicted molar refractivity (Wildman–Crippen MR) is 66.5 cm³/mol. The summed E-state index contributed by atoms with van der Waals surface area (Å²) in [5.41, 5.74) is 7.37. The van der Waals surface area contributed by atoms with E-state index >= 15 is 0 Å². The third-order valence-corrected chi connectivity index (χ3v) is 4.28. The molecule has 0 aromatic carbocycles. The summed E-state index contributed by atoms with van der Waals surface area (Å²) in [6, 6.07) is 6.01. The molecule has 1 atom stereocenters. The topological polar surface area (TPSA) is 48.1 Å². The third kappa shape index (κ3) is 1.98. The molecule has 0 amide bonds. The van der Waals surface area contributed by atoms with Crippen LogP contribution in [0.1, 0.15) is 44.2 Å². The molecule has 0 radical (unpaired) electrons. The normalized spacial score (nSPS) is 31.8. The predicted octanol–water partition coefficient (Wildman–Crippen LogP) is 2.36. The van der Waals surface area contributed by atoms with Gasteiger partial charge in [0.2, 0.25) is 0 Å². The molecule has 1 aromatic rings. The highest BCUT2D eigenvalue weighted by atomic mass is 16.5. The fourth-order valence-corrected chi connectivity index (χ4v) is 3.38. The lowest BCUT2D eigenvalue weighted by Crippen LogP contribution is -2.51. The zero-order chi connectivity index (χ0) is 11.8. The van der Waals surface area contributed by atoms with Gasteiger partial charge in [-0.3, -0.25) is 4.98 Å². The van der Waals surface area contributed by atoms with Crippen LogP contribution in [0.15, 0.2) is 24.4 Å². The van der Waals surface area contributed by atoms with Gasteiger partial charge in [-0.05, 0) is 31.4 Å². The Bertz CT molecular complexity index is 386. The fourth-order valence-electron chi connectivity index (χ4n) is 3.38. The van der Waals surface area contributed by atoms with Crippen LogP contribution >= 0.6 is 0 Å². The van der Waals surface area contributed by atoms with Crippen LogP contribution in [0.2, 0.25) is 0 Å². The van der Waals surface area contributed by atoms with Crippen molar-refractivity contribution >= 4 is 0 Å². The molecule has 1 saturated carbocycles. The Balaban J connectivity index is 1.87. The summed E-state index contributed by atoms with van der Waals surface area (Å²) < 4.78 is 6.04. The number of hydrogen-bond donors (Lipinski definition) is 1. The Morgan fingerprint density at radius 1 is 1.18 bits per heavy atom. The van der Waals surface area contributed by atoms with Gasteiger partial charge in [-0.1, -0.05) is 18.9 Å². The molecule has 2 fully saturated rings. The first-order valence-electron chi connectivity index (χ1n) is 6.57. The van der Waals surface area contributed by atoms with Gasteiger partial charge in [0.1, 0.15) is 0 Å². The summed E-state index contributed by atoms with van der Waals surface area (Å²) in [5.74, 6) is 0. The van der Waals surface area contributed by atoms with E-state index < -0.39 is 0 Å². The van der Waals surface area contributed by atoms with E-state index in [-0.39, 0.29) is 11.1 Å². The number of ether oxygens (including phenoxy) is 1. The van der Waals surface area contributed by atoms with Gasteiger partial charge < -0.3 is 10.5 Å². The minimum Gasteiger partial charge on any atom is -0.375 e. The maximum Gasteiger partial charge on any atom is 0.0704 e. The van der Waals surface area contributed by atoms with Crippen LogP contribution < -0.4 is 5.73 Å². The minimum atomic E-state index is -0.288. The quantitative estimate of drug-likeness (QED) is 0.808. The fraction of sp³-hybridized carbons (Fsp3) is 0.643. The SMILES string of the molecule is N[C@@]1(c2ccccn2)CCOC2(CCCC2)C1. The maximum atomic E-state index is 6.59. The van der Waals surface area contributed by atoms with E-state index in [1.807, 2.05) is 24.4 Å². The van der Waals surface area contributed by atoms with Crippen LogP contribution in [0.4, 0.5) is 0 Å². The van der Waals surface area contributed by atoms with Gasteiger partial charge >= 0.3 is 0 Å². The molecule has 1 spiro atoms. The molecule has 0 unspecified atom stereocenters. The lowest BCUT2D eigenvalue weighted by atomic mass is 9.77. The van der Waals surface area contributed by atoms with Crippen molar-refractivity contribution in [3.05, 3.63) is 30.1 Å². The molecule has 1 aliphatic carbocycles. The Hall–Kier alpha value is -0.930. The van der Waals surface area contributed by atoms with Crippen molar-refractivity contribution < 1.29 is 4.74 Å². The second kappa shape index (κ2) is 4.07. The molecule has 0 bridgehead atoms.